The van der Waals surface area contributed by atoms with Crippen LogP contribution in [0.3, 0.4) is 0 Å². The molecule has 0 unspecified atom stereocenters. The first kappa shape index (κ1) is 17.9. The first-order valence-corrected chi connectivity index (χ1v) is 8.71. The van der Waals surface area contributed by atoms with Crippen LogP contribution < -0.4 is 15.2 Å². The van der Waals surface area contributed by atoms with Gasteiger partial charge < -0.3 is 15.2 Å². The van der Waals surface area contributed by atoms with Crippen LogP contribution in [0, 0.1) is 0 Å². The van der Waals surface area contributed by atoms with Gasteiger partial charge in [-0.15, -0.1) is 0 Å². The minimum absolute atomic E-state index is 0.0707. The Kier molecular flexibility index (Phi) is 5.16. The molecule has 1 heterocycles. The summed E-state index contributed by atoms with van der Waals surface area (Å²) < 4.78 is 13.3. The van der Waals surface area contributed by atoms with Crippen LogP contribution in [-0.2, 0) is 5.41 Å². The summed E-state index contributed by atoms with van der Waals surface area (Å²) in [5.41, 5.74) is 7.88. The SMILES string of the molecule is CC(C)(C)c1cc(N)n(-c2ccccc2OCCOc2ccccc2)n1. The predicted octanol–water partition coefficient (Wildman–Crippen LogP) is 4.21. The van der Waals surface area contributed by atoms with E-state index in [1.54, 1.807) is 4.68 Å². The highest BCUT2D eigenvalue weighted by Crippen LogP contribution is 2.28. The zero-order valence-electron chi connectivity index (χ0n) is 15.5. The summed E-state index contributed by atoms with van der Waals surface area (Å²) in [7, 11) is 0. The van der Waals surface area contributed by atoms with Crippen LogP contribution in [-0.4, -0.2) is 23.0 Å². The lowest BCUT2D eigenvalue weighted by atomic mass is 9.92. The second kappa shape index (κ2) is 7.52. The van der Waals surface area contributed by atoms with Crippen molar-refractivity contribution < 1.29 is 9.47 Å². The van der Waals surface area contributed by atoms with Crippen molar-refractivity contribution in [2.24, 2.45) is 0 Å². The number of aromatic nitrogens is 2. The molecule has 3 rings (SSSR count). The van der Waals surface area contributed by atoms with E-state index in [2.05, 4.69) is 25.9 Å². The van der Waals surface area contributed by atoms with E-state index in [-0.39, 0.29) is 5.41 Å². The highest BCUT2D eigenvalue weighted by molar-refractivity contribution is 5.52. The van der Waals surface area contributed by atoms with Crippen LogP contribution in [0.25, 0.3) is 5.69 Å². The van der Waals surface area contributed by atoms with E-state index in [0.717, 1.165) is 22.9 Å². The zero-order chi connectivity index (χ0) is 18.6. The third-order valence-electron chi connectivity index (χ3n) is 3.95. The standard InChI is InChI=1S/C21H25N3O2/c1-21(2,3)19-15-20(22)24(23-19)17-11-7-8-12-18(17)26-14-13-25-16-9-5-4-6-10-16/h4-12,15H,13-14,22H2,1-3H3. The first-order chi connectivity index (χ1) is 12.4. The highest BCUT2D eigenvalue weighted by Gasteiger charge is 2.20. The van der Waals surface area contributed by atoms with Crippen molar-refractivity contribution in [2.45, 2.75) is 26.2 Å². The molecule has 0 aliphatic carbocycles. The average Bonchev–Trinajstić information content (AvgIpc) is 3.02. The molecule has 0 saturated heterocycles. The van der Waals surface area contributed by atoms with Gasteiger partial charge in [0.25, 0.3) is 0 Å². The topological polar surface area (TPSA) is 62.3 Å². The van der Waals surface area contributed by atoms with E-state index in [4.69, 9.17) is 15.2 Å². The number of hydrogen-bond acceptors (Lipinski definition) is 4. The van der Waals surface area contributed by atoms with Crippen LogP contribution in [0.1, 0.15) is 26.5 Å². The Morgan fingerprint density at radius 3 is 2.27 bits per heavy atom. The van der Waals surface area contributed by atoms with Gasteiger partial charge >= 0.3 is 0 Å². The number of para-hydroxylation sites is 3. The lowest BCUT2D eigenvalue weighted by Crippen LogP contribution is -2.13. The van der Waals surface area contributed by atoms with Crippen molar-refractivity contribution in [3.05, 3.63) is 66.4 Å². The number of nitrogens with zero attached hydrogens (tertiary/aromatic N) is 2. The molecule has 0 spiro atoms. The van der Waals surface area contributed by atoms with E-state index in [9.17, 15) is 0 Å². The number of hydrogen-bond donors (Lipinski definition) is 1. The van der Waals surface area contributed by atoms with Gasteiger partial charge in [0.15, 0.2) is 0 Å². The largest absolute Gasteiger partial charge is 0.490 e. The van der Waals surface area contributed by atoms with Gasteiger partial charge in [0.1, 0.15) is 36.2 Å². The van der Waals surface area contributed by atoms with Gasteiger partial charge in [0.05, 0.1) is 5.69 Å². The molecule has 3 aromatic rings. The maximum atomic E-state index is 6.19. The molecule has 0 fully saturated rings. The molecule has 0 aliphatic rings. The number of rotatable bonds is 6. The lowest BCUT2D eigenvalue weighted by molar-refractivity contribution is 0.216. The molecule has 2 N–H and O–H groups in total. The van der Waals surface area contributed by atoms with Gasteiger partial charge in [-0.25, -0.2) is 4.68 Å². The summed E-state index contributed by atoms with van der Waals surface area (Å²) in [6.07, 6.45) is 0. The van der Waals surface area contributed by atoms with Crippen LogP contribution in [0.5, 0.6) is 11.5 Å². The van der Waals surface area contributed by atoms with E-state index in [0.29, 0.717) is 19.0 Å². The number of nitrogen functional groups attached to an aromatic ring is 1. The molecule has 0 bridgehead atoms. The molecule has 1 aromatic heterocycles. The summed E-state index contributed by atoms with van der Waals surface area (Å²) in [6, 6.07) is 19.3. The third-order valence-corrected chi connectivity index (χ3v) is 3.95. The number of anilines is 1. The smallest absolute Gasteiger partial charge is 0.145 e. The fraction of sp³-hybridized carbons (Fsp3) is 0.286. The Bertz CT molecular complexity index is 851. The number of nitrogens with two attached hydrogens (primary N) is 1. The zero-order valence-corrected chi connectivity index (χ0v) is 15.5. The summed E-state index contributed by atoms with van der Waals surface area (Å²) >= 11 is 0. The molecule has 0 radical (unpaired) electrons. The normalized spacial score (nSPS) is 11.3. The number of benzene rings is 2. The summed E-state index contributed by atoms with van der Waals surface area (Å²) in [4.78, 5) is 0. The molecule has 136 valence electrons. The fourth-order valence-corrected chi connectivity index (χ4v) is 2.54. The predicted molar refractivity (Wildman–Crippen MR) is 104 cm³/mol. The van der Waals surface area contributed by atoms with E-state index < -0.39 is 0 Å². The van der Waals surface area contributed by atoms with Gasteiger partial charge in [0, 0.05) is 11.5 Å². The van der Waals surface area contributed by atoms with Crippen LogP contribution in [0.15, 0.2) is 60.7 Å². The third kappa shape index (κ3) is 4.17. The summed E-state index contributed by atoms with van der Waals surface area (Å²) in [5.74, 6) is 2.14. The monoisotopic (exact) mass is 351 g/mol. The molecule has 0 aliphatic heterocycles. The van der Waals surface area contributed by atoms with Gasteiger partial charge in [-0.05, 0) is 24.3 Å². The molecule has 0 saturated carbocycles. The van der Waals surface area contributed by atoms with E-state index in [1.165, 1.54) is 0 Å². The lowest BCUT2D eigenvalue weighted by Gasteiger charge is -2.15. The van der Waals surface area contributed by atoms with Crippen molar-refractivity contribution in [2.75, 3.05) is 18.9 Å². The van der Waals surface area contributed by atoms with E-state index >= 15 is 0 Å². The Labute approximate surface area is 154 Å². The molecular weight excluding hydrogens is 326 g/mol. The van der Waals surface area contributed by atoms with Gasteiger partial charge in [-0.3, -0.25) is 0 Å². The number of ether oxygens (including phenoxy) is 2. The van der Waals surface area contributed by atoms with Crippen molar-refractivity contribution in [3.8, 4) is 17.2 Å². The van der Waals surface area contributed by atoms with Crippen molar-refractivity contribution in [3.63, 3.8) is 0 Å². The van der Waals surface area contributed by atoms with Crippen molar-refractivity contribution in [1.29, 1.82) is 0 Å². The van der Waals surface area contributed by atoms with Crippen molar-refractivity contribution in [1.82, 2.24) is 9.78 Å². The Morgan fingerprint density at radius 2 is 1.58 bits per heavy atom. The second-order valence-electron chi connectivity index (χ2n) is 7.09. The van der Waals surface area contributed by atoms with Crippen LogP contribution in [0.4, 0.5) is 5.82 Å². The van der Waals surface area contributed by atoms with Crippen LogP contribution in [0.2, 0.25) is 0 Å². The van der Waals surface area contributed by atoms with Crippen LogP contribution >= 0.6 is 0 Å². The fourth-order valence-electron chi connectivity index (χ4n) is 2.54. The second-order valence-corrected chi connectivity index (χ2v) is 7.09. The Hall–Kier alpha value is -2.95. The Morgan fingerprint density at radius 1 is 0.923 bits per heavy atom. The van der Waals surface area contributed by atoms with Gasteiger partial charge in [-0.2, -0.15) is 5.10 Å². The molecule has 0 atom stereocenters. The van der Waals surface area contributed by atoms with Gasteiger partial charge in [0.2, 0.25) is 0 Å². The minimum Gasteiger partial charge on any atom is -0.490 e. The van der Waals surface area contributed by atoms with E-state index in [1.807, 2.05) is 60.7 Å². The minimum atomic E-state index is -0.0707. The molecule has 5 nitrogen and oxygen atoms in total. The Balaban J connectivity index is 1.71. The van der Waals surface area contributed by atoms with Crippen molar-refractivity contribution >= 4 is 5.82 Å². The molecule has 0 amide bonds. The first-order valence-electron chi connectivity index (χ1n) is 8.71. The molecule has 2 aromatic carbocycles. The summed E-state index contributed by atoms with van der Waals surface area (Å²) in [6.45, 7) is 7.23. The molecular formula is C21H25N3O2. The highest BCUT2D eigenvalue weighted by atomic mass is 16.5. The summed E-state index contributed by atoms with van der Waals surface area (Å²) in [5, 5.41) is 4.67. The van der Waals surface area contributed by atoms with Gasteiger partial charge in [-0.1, -0.05) is 51.1 Å². The quantitative estimate of drug-likeness (QED) is 0.676. The molecule has 26 heavy (non-hydrogen) atoms. The average molecular weight is 351 g/mol. The molecule has 5 heteroatoms. The maximum absolute atomic E-state index is 6.19. The maximum Gasteiger partial charge on any atom is 0.145 e.